The van der Waals surface area contributed by atoms with E-state index >= 15 is 0 Å². The van der Waals surface area contributed by atoms with Crippen molar-refractivity contribution in [2.24, 2.45) is 0 Å². The number of hydrogen-bond donors (Lipinski definition) is 2. The molecule has 0 aliphatic heterocycles. The van der Waals surface area contributed by atoms with E-state index in [0.717, 1.165) is 12.2 Å². The van der Waals surface area contributed by atoms with Crippen molar-refractivity contribution in [2.75, 3.05) is 12.3 Å². The van der Waals surface area contributed by atoms with Crippen molar-refractivity contribution >= 4 is 17.7 Å². The molecule has 0 saturated carbocycles. The van der Waals surface area contributed by atoms with Crippen molar-refractivity contribution in [3.05, 3.63) is 29.3 Å². The van der Waals surface area contributed by atoms with Crippen LogP contribution in [0.25, 0.3) is 0 Å². The van der Waals surface area contributed by atoms with E-state index in [1.807, 2.05) is 25.6 Å². The van der Waals surface area contributed by atoms with Gasteiger partial charge in [-0.3, -0.25) is 4.79 Å². The summed E-state index contributed by atoms with van der Waals surface area (Å²) in [4.78, 5) is 12.8. The van der Waals surface area contributed by atoms with Crippen LogP contribution >= 0.6 is 11.8 Å². The van der Waals surface area contributed by atoms with E-state index in [0.29, 0.717) is 19.4 Å². The average Bonchev–Trinajstić information content (AvgIpc) is 2.45. The highest BCUT2D eigenvalue weighted by atomic mass is 32.2. The Morgan fingerprint density at radius 2 is 2.05 bits per heavy atom. The van der Waals surface area contributed by atoms with E-state index in [1.165, 1.54) is 16.0 Å². The predicted molar refractivity (Wildman–Crippen MR) is 90.2 cm³/mol. The summed E-state index contributed by atoms with van der Waals surface area (Å²) in [7, 11) is 0. The van der Waals surface area contributed by atoms with Gasteiger partial charge in [-0.05, 0) is 57.0 Å². The molecule has 0 saturated heterocycles. The number of carboxylic acids is 1. The minimum absolute atomic E-state index is 0.615. The lowest BCUT2D eigenvalue weighted by molar-refractivity contribution is -0.145. The maximum Gasteiger partial charge on any atom is 0.323 e. The molecule has 21 heavy (non-hydrogen) atoms. The first-order valence-electron chi connectivity index (χ1n) is 7.63. The summed E-state index contributed by atoms with van der Waals surface area (Å²) in [6.45, 7) is 8.80. The molecule has 0 bridgehead atoms. The van der Waals surface area contributed by atoms with E-state index < -0.39 is 11.5 Å². The van der Waals surface area contributed by atoms with Crippen LogP contribution in [0.1, 0.15) is 44.2 Å². The van der Waals surface area contributed by atoms with Crippen LogP contribution in [0.15, 0.2) is 23.1 Å². The van der Waals surface area contributed by atoms with Crippen molar-refractivity contribution in [1.82, 2.24) is 5.32 Å². The van der Waals surface area contributed by atoms with Crippen molar-refractivity contribution in [2.45, 2.75) is 57.4 Å². The number of carbonyl (C=O) groups is 1. The van der Waals surface area contributed by atoms with Crippen molar-refractivity contribution in [3.63, 3.8) is 0 Å². The second-order valence-electron chi connectivity index (χ2n) is 5.49. The highest BCUT2D eigenvalue weighted by Gasteiger charge is 2.34. The number of carboxylic acid groups (broad SMARTS) is 1. The van der Waals surface area contributed by atoms with Crippen LogP contribution in [0, 0.1) is 13.8 Å². The Hall–Kier alpha value is -1.00. The Morgan fingerprint density at radius 3 is 2.62 bits per heavy atom. The molecule has 0 aliphatic rings. The maximum atomic E-state index is 11.5. The van der Waals surface area contributed by atoms with Crippen LogP contribution in [0.3, 0.4) is 0 Å². The van der Waals surface area contributed by atoms with Crippen LogP contribution < -0.4 is 5.32 Å². The van der Waals surface area contributed by atoms with Crippen LogP contribution in [0.4, 0.5) is 0 Å². The van der Waals surface area contributed by atoms with E-state index in [9.17, 15) is 9.90 Å². The zero-order chi connectivity index (χ0) is 15.9. The average molecular weight is 309 g/mol. The van der Waals surface area contributed by atoms with Crippen molar-refractivity contribution in [3.8, 4) is 0 Å². The fourth-order valence-corrected chi connectivity index (χ4v) is 3.55. The van der Waals surface area contributed by atoms with Crippen LogP contribution in [0.2, 0.25) is 0 Å². The second-order valence-corrected chi connectivity index (χ2v) is 6.63. The maximum absolute atomic E-state index is 11.5. The SMILES string of the molecule is CCNC(CC)(CCCSc1cc(C)ccc1C)C(=O)O. The first-order chi connectivity index (χ1) is 9.95. The number of rotatable bonds is 9. The minimum atomic E-state index is -0.767. The number of hydrogen-bond acceptors (Lipinski definition) is 3. The number of aliphatic carboxylic acids is 1. The van der Waals surface area contributed by atoms with E-state index in [4.69, 9.17) is 0 Å². The molecule has 118 valence electrons. The molecule has 0 spiro atoms. The highest BCUT2D eigenvalue weighted by molar-refractivity contribution is 7.99. The lowest BCUT2D eigenvalue weighted by atomic mass is 9.91. The quantitative estimate of drug-likeness (QED) is 0.534. The lowest BCUT2D eigenvalue weighted by Gasteiger charge is -2.29. The molecule has 3 nitrogen and oxygen atoms in total. The fourth-order valence-electron chi connectivity index (χ4n) is 2.48. The summed E-state index contributed by atoms with van der Waals surface area (Å²) < 4.78 is 0. The monoisotopic (exact) mass is 309 g/mol. The summed E-state index contributed by atoms with van der Waals surface area (Å²) in [6.07, 6.45) is 2.18. The Bertz CT molecular complexity index is 476. The van der Waals surface area contributed by atoms with Gasteiger partial charge >= 0.3 is 5.97 Å². The molecule has 0 fully saturated rings. The Balaban J connectivity index is 2.55. The molecule has 2 N–H and O–H groups in total. The number of thioether (sulfide) groups is 1. The first kappa shape index (κ1) is 18.1. The molecule has 0 radical (unpaired) electrons. The molecular weight excluding hydrogens is 282 g/mol. The van der Waals surface area contributed by atoms with E-state index in [2.05, 4.69) is 37.4 Å². The van der Waals surface area contributed by atoms with Gasteiger partial charge in [0.2, 0.25) is 0 Å². The van der Waals surface area contributed by atoms with Gasteiger partial charge < -0.3 is 10.4 Å². The Labute approximate surface area is 132 Å². The van der Waals surface area contributed by atoms with Gasteiger partial charge in [0.25, 0.3) is 0 Å². The molecule has 1 aromatic rings. The first-order valence-corrected chi connectivity index (χ1v) is 8.62. The largest absolute Gasteiger partial charge is 0.480 e. The summed E-state index contributed by atoms with van der Waals surface area (Å²) in [5, 5.41) is 12.6. The van der Waals surface area contributed by atoms with Gasteiger partial charge in [0, 0.05) is 4.90 Å². The molecule has 0 aromatic heterocycles. The number of benzene rings is 1. The molecule has 0 amide bonds. The molecule has 0 heterocycles. The minimum Gasteiger partial charge on any atom is -0.480 e. The molecule has 1 atom stereocenters. The summed E-state index contributed by atoms with van der Waals surface area (Å²) in [5.74, 6) is 0.216. The molecule has 1 unspecified atom stereocenters. The van der Waals surface area contributed by atoms with Crippen molar-refractivity contribution in [1.29, 1.82) is 0 Å². The third-order valence-electron chi connectivity index (χ3n) is 3.88. The Morgan fingerprint density at radius 1 is 1.33 bits per heavy atom. The molecule has 1 aromatic carbocycles. The van der Waals surface area contributed by atoms with E-state index in [-0.39, 0.29) is 0 Å². The van der Waals surface area contributed by atoms with Gasteiger partial charge in [-0.15, -0.1) is 11.8 Å². The third kappa shape index (κ3) is 5.04. The molecule has 0 aliphatic carbocycles. The summed E-state index contributed by atoms with van der Waals surface area (Å²) in [6, 6.07) is 6.47. The van der Waals surface area contributed by atoms with E-state index in [1.54, 1.807) is 0 Å². The topological polar surface area (TPSA) is 49.3 Å². The van der Waals surface area contributed by atoms with Crippen molar-refractivity contribution < 1.29 is 9.90 Å². The Kier molecular flexibility index (Phi) is 7.26. The van der Waals surface area contributed by atoms with Gasteiger partial charge in [0.1, 0.15) is 5.54 Å². The van der Waals surface area contributed by atoms with Gasteiger partial charge in [0.05, 0.1) is 0 Å². The second kappa shape index (κ2) is 8.44. The van der Waals surface area contributed by atoms with Crippen LogP contribution in [0.5, 0.6) is 0 Å². The third-order valence-corrected chi connectivity index (χ3v) is 5.12. The normalized spacial score (nSPS) is 13.9. The lowest BCUT2D eigenvalue weighted by Crippen LogP contribution is -2.51. The zero-order valence-electron chi connectivity index (χ0n) is 13.5. The van der Waals surface area contributed by atoms with Gasteiger partial charge in [-0.2, -0.15) is 0 Å². The predicted octanol–water partition coefficient (Wildman–Crippen LogP) is 4.02. The number of nitrogens with one attached hydrogen (secondary N) is 1. The molecule has 1 rings (SSSR count). The fraction of sp³-hybridized carbons (Fsp3) is 0.588. The molecule has 4 heteroatoms. The standard InChI is InChI=1S/C17H27NO2S/c1-5-17(16(19)20,18-6-2)10-7-11-21-15-12-13(3)8-9-14(15)4/h8-9,12,18H,5-7,10-11H2,1-4H3,(H,19,20). The zero-order valence-corrected chi connectivity index (χ0v) is 14.3. The summed E-state index contributed by atoms with van der Waals surface area (Å²) >= 11 is 1.82. The van der Waals surface area contributed by atoms with Gasteiger partial charge in [0.15, 0.2) is 0 Å². The summed E-state index contributed by atoms with van der Waals surface area (Å²) in [5.41, 5.74) is 1.79. The highest BCUT2D eigenvalue weighted by Crippen LogP contribution is 2.26. The number of aryl methyl sites for hydroxylation is 2. The van der Waals surface area contributed by atoms with Gasteiger partial charge in [-0.1, -0.05) is 31.5 Å². The van der Waals surface area contributed by atoms with Crippen LogP contribution in [-0.4, -0.2) is 28.9 Å². The molecular formula is C17H27NO2S. The smallest absolute Gasteiger partial charge is 0.323 e. The van der Waals surface area contributed by atoms with Crippen LogP contribution in [-0.2, 0) is 4.79 Å². The number of likely N-dealkylation sites (N-methyl/N-ethyl adjacent to an activating group) is 1. The van der Waals surface area contributed by atoms with Gasteiger partial charge in [-0.25, -0.2) is 0 Å².